The lowest BCUT2D eigenvalue weighted by atomic mass is 9.94. The van der Waals surface area contributed by atoms with Crippen LogP contribution in [0.25, 0.3) is 0 Å². The van der Waals surface area contributed by atoms with Gasteiger partial charge in [0.05, 0.1) is 19.2 Å². The number of carbonyl (C=O) groups excluding carboxylic acids is 1. The third-order valence-corrected chi connectivity index (χ3v) is 4.14. The molecule has 2 heterocycles. The molecule has 0 bridgehead atoms. The molecule has 122 valence electrons. The lowest BCUT2D eigenvalue weighted by Crippen LogP contribution is -2.46. The number of amides is 1. The standard InChI is InChI=1S/C15H18F2N2O2.ClH/c1-9(11-7-21-13-5-3-2-4-10(11)13)19-14(20)12-6-15(16,17)8-18-12;/h2-5,9,11-12,18H,6-8H2,1H3,(H,19,20);1H. The van der Waals surface area contributed by atoms with E-state index in [2.05, 4.69) is 10.6 Å². The van der Waals surface area contributed by atoms with E-state index in [-0.39, 0.29) is 30.3 Å². The van der Waals surface area contributed by atoms with Gasteiger partial charge < -0.3 is 10.1 Å². The van der Waals surface area contributed by atoms with Crippen LogP contribution in [0.15, 0.2) is 24.3 Å². The van der Waals surface area contributed by atoms with Crippen molar-refractivity contribution in [2.45, 2.75) is 37.3 Å². The van der Waals surface area contributed by atoms with Crippen molar-refractivity contribution in [3.05, 3.63) is 29.8 Å². The first-order chi connectivity index (χ1) is 9.96. The number of carbonyl (C=O) groups is 1. The number of alkyl halides is 2. The van der Waals surface area contributed by atoms with Gasteiger partial charge in [-0.2, -0.15) is 0 Å². The summed E-state index contributed by atoms with van der Waals surface area (Å²) >= 11 is 0. The largest absolute Gasteiger partial charge is 0.493 e. The maximum absolute atomic E-state index is 13.1. The number of hydrogen-bond donors (Lipinski definition) is 2. The Kier molecular flexibility index (Phi) is 4.92. The van der Waals surface area contributed by atoms with Gasteiger partial charge in [-0.25, -0.2) is 8.78 Å². The van der Waals surface area contributed by atoms with Crippen LogP contribution >= 0.6 is 12.4 Å². The molecular weight excluding hydrogens is 314 g/mol. The van der Waals surface area contributed by atoms with Crippen molar-refractivity contribution in [3.8, 4) is 5.75 Å². The number of halogens is 3. The van der Waals surface area contributed by atoms with Crippen molar-refractivity contribution in [3.63, 3.8) is 0 Å². The smallest absolute Gasteiger partial charge is 0.262 e. The Bertz CT molecular complexity index is 556. The van der Waals surface area contributed by atoms with Crippen molar-refractivity contribution in [1.29, 1.82) is 0 Å². The van der Waals surface area contributed by atoms with E-state index in [0.717, 1.165) is 11.3 Å². The summed E-state index contributed by atoms with van der Waals surface area (Å²) in [5.41, 5.74) is 1.05. The molecule has 22 heavy (non-hydrogen) atoms. The second-order valence-electron chi connectivity index (χ2n) is 5.75. The molecule has 1 fully saturated rings. The van der Waals surface area contributed by atoms with Gasteiger partial charge in [0, 0.05) is 23.9 Å². The molecule has 3 unspecified atom stereocenters. The molecule has 0 radical (unpaired) electrons. The van der Waals surface area contributed by atoms with Gasteiger partial charge in [0.25, 0.3) is 5.92 Å². The highest BCUT2D eigenvalue weighted by Crippen LogP contribution is 2.35. The molecule has 1 aromatic carbocycles. The van der Waals surface area contributed by atoms with E-state index in [0.29, 0.717) is 6.61 Å². The van der Waals surface area contributed by atoms with Crippen LogP contribution < -0.4 is 15.4 Å². The van der Waals surface area contributed by atoms with Crippen molar-refractivity contribution < 1.29 is 18.3 Å². The fourth-order valence-electron chi connectivity index (χ4n) is 2.93. The molecule has 3 rings (SSSR count). The minimum Gasteiger partial charge on any atom is -0.493 e. The summed E-state index contributed by atoms with van der Waals surface area (Å²) in [6.07, 6.45) is -0.441. The Morgan fingerprint density at radius 1 is 1.45 bits per heavy atom. The monoisotopic (exact) mass is 332 g/mol. The number of benzene rings is 1. The Morgan fingerprint density at radius 2 is 2.18 bits per heavy atom. The van der Waals surface area contributed by atoms with E-state index in [1.54, 1.807) is 0 Å². The SMILES string of the molecule is CC(NC(=O)C1CC(F)(F)CN1)C1COc2ccccc21.Cl. The third kappa shape index (κ3) is 3.33. The zero-order valence-corrected chi connectivity index (χ0v) is 13.0. The van der Waals surface area contributed by atoms with E-state index in [4.69, 9.17) is 4.74 Å². The van der Waals surface area contributed by atoms with Gasteiger partial charge in [0.15, 0.2) is 0 Å². The van der Waals surface area contributed by atoms with Gasteiger partial charge in [-0.3, -0.25) is 10.1 Å². The number of fused-ring (bicyclic) bond motifs is 1. The Balaban J connectivity index is 0.00000176. The molecule has 0 spiro atoms. The predicted molar refractivity (Wildman–Crippen MR) is 80.9 cm³/mol. The molecule has 3 atom stereocenters. The first kappa shape index (κ1) is 17.0. The maximum atomic E-state index is 13.1. The molecule has 2 aliphatic rings. The van der Waals surface area contributed by atoms with Crippen molar-refractivity contribution in [2.75, 3.05) is 13.2 Å². The van der Waals surface area contributed by atoms with Crippen LogP contribution in [0, 0.1) is 0 Å². The number of rotatable bonds is 3. The summed E-state index contributed by atoms with van der Waals surface area (Å²) in [5.74, 6) is -2.29. The summed E-state index contributed by atoms with van der Waals surface area (Å²) < 4.78 is 31.8. The number of nitrogens with one attached hydrogen (secondary N) is 2. The van der Waals surface area contributed by atoms with E-state index < -0.39 is 24.9 Å². The van der Waals surface area contributed by atoms with Gasteiger partial charge >= 0.3 is 0 Å². The number of hydrogen-bond acceptors (Lipinski definition) is 3. The lowest BCUT2D eigenvalue weighted by Gasteiger charge is -2.22. The number of ether oxygens (including phenoxy) is 1. The molecule has 1 amide bonds. The first-order valence-corrected chi connectivity index (χ1v) is 7.09. The molecule has 0 aliphatic carbocycles. The van der Waals surface area contributed by atoms with Crippen molar-refractivity contribution in [1.82, 2.24) is 10.6 Å². The Hall–Kier alpha value is -1.40. The van der Waals surface area contributed by atoms with Gasteiger partial charge in [0.1, 0.15) is 5.75 Å². The van der Waals surface area contributed by atoms with Gasteiger partial charge in [0.2, 0.25) is 5.91 Å². The highest BCUT2D eigenvalue weighted by atomic mass is 35.5. The normalized spacial score (nSPS) is 26.5. The zero-order chi connectivity index (χ0) is 15.0. The lowest BCUT2D eigenvalue weighted by molar-refractivity contribution is -0.124. The van der Waals surface area contributed by atoms with E-state index >= 15 is 0 Å². The summed E-state index contributed by atoms with van der Waals surface area (Å²) in [5, 5.41) is 5.40. The van der Waals surface area contributed by atoms with E-state index in [9.17, 15) is 13.6 Å². The van der Waals surface area contributed by atoms with Crippen LogP contribution in [0.1, 0.15) is 24.8 Å². The van der Waals surface area contributed by atoms with Crippen LogP contribution in [0.5, 0.6) is 5.75 Å². The van der Waals surface area contributed by atoms with Gasteiger partial charge in [-0.05, 0) is 13.0 Å². The Morgan fingerprint density at radius 3 is 2.86 bits per heavy atom. The molecule has 4 nitrogen and oxygen atoms in total. The highest BCUT2D eigenvalue weighted by Gasteiger charge is 2.43. The van der Waals surface area contributed by atoms with E-state index in [1.807, 2.05) is 31.2 Å². The fraction of sp³-hybridized carbons (Fsp3) is 0.533. The second-order valence-corrected chi connectivity index (χ2v) is 5.75. The molecule has 0 aromatic heterocycles. The molecule has 0 saturated carbocycles. The summed E-state index contributed by atoms with van der Waals surface area (Å²) in [6, 6.07) is 6.70. The number of para-hydroxylation sites is 1. The van der Waals surface area contributed by atoms with Crippen LogP contribution in [0.3, 0.4) is 0 Å². The Labute approximate surface area is 134 Å². The maximum Gasteiger partial charge on any atom is 0.262 e. The molecule has 1 aromatic rings. The van der Waals surface area contributed by atoms with Crippen LogP contribution in [-0.2, 0) is 4.79 Å². The quantitative estimate of drug-likeness (QED) is 0.891. The first-order valence-electron chi connectivity index (χ1n) is 7.09. The summed E-state index contributed by atoms with van der Waals surface area (Å²) in [7, 11) is 0. The predicted octanol–water partition coefficient (Wildman–Crippen LogP) is 2.09. The summed E-state index contributed by atoms with van der Waals surface area (Å²) in [6.45, 7) is 1.94. The zero-order valence-electron chi connectivity index (χ0n) is 12.1. The molecule has 2 aliphatic heterocycles. The average Bonchev–Trinajstić information content (AvgIpc) is 3.01. The minimum absolute atomic E-state index is 0. The highest BCUT2D eigenvalue weighted by molar-refractivity contribution is 5.85. The molecule has 7 heteroatoms. The third-order valence-electron chi connectivity index (χ3n) is 4.14. The van der Waals surface area contributed by atoms with Crippen molar-refractivity contribution in [2.24, 2.45) is 0 Å². The van der Waals surface area contributed by atoms with Crippen LogP contribution in [0.2, 0.25) is 0 Å². The van der Waals surface area contributed by atoms with E-state index in [1.165, 1.54) is 0 Å². The molecule has 1 saturated heterocycles. The second kappa shape index (κ2) is 6.38. The average molecular weight is 333 g/mol. The van der Waals surface area contributed by atoms with Crippen LogP contribution in [0.4, 0.5) is 8.78 Å². The topological polar surface area (TPSA) is 50.4 Å². The van der Waals surface area contributed by atoms with Gasteiger partial charge in [-0.15, -0.1) is 12.4 Å². The van der Waals surface area contributed by atoms with Crippen LogP contribution in [-0.4, -0.2) is 37.1 Å². The minimum atomic E-state index is -2.80. The van der Waals surface area contributed by atoms with Crippen molar-refractivity contribution >= 4 is 18.3 Å². The molecule has 2 N–H and O–H groups in total. The summed E-state index contributed by atoms with van der Waals surface area (Å²) in [4.78, 5) is 12.1. The van der Waals surface area contributed by atoms with Gasteiger partial charge in [-0.1, -0.05) is 18.2 Å². The fourth-order valence-corrected chi connectivity index (χ4v) is 2.93. The molecular formula is C15H19ClF2N2O2.